The van der Waals surface area contributed by atoms with Crippen molar-refractivity contribution in [1.29, 1.82) is 0 Å². The molecular weight excluding hydrogens is 507 g/mol. The van der Waals surface area contributed by atoms with Gasteiger partial charge in [0.25, 0.3) is 0 Å². The summed E-state index contributed by atoms with van der Waals surface area (Å²) in [6.45, 7) is 9.15. The SMILES string of the molecule is C=CCC1(C)CC(c2cccc(C)c2)[C@@H](c2ccc(I)cc2)N(C(CNC)C2CC2)C1=O. The highest BCUT2D eigenvalue weighted by Crippen LogP contribution is 2.53. The Balaban J connectivity index is 1.89. The van der Waals surface area contributed by atoms with Crippen molar-refractivity contribution >= 4 is 28.5 Å². The molecule has 1 N–H and O–H groups in total. The normalized spacial score (nSPS) is 26.8. The van der Waals surface area contributed by atoms with Crippen LogP contribution in [0, 0.1) is 21.8 Å². The summed E-state index contributed by atoms with van der Waals surface area (Å²) >= 11 is 2.36. The fourth-order valence-corrected chi connectivity index (χ4v) is 5.96. The maximum absolute atomic E-state index is 14.2. The number of hydrogen-bond donors (Lipinski definition) is 1. The summed E-state index contributed by atoms with van der Waals surface area (Å²) in [6.07, 6.45) is 5.90. The smallest absolute Gasteiger partial charge is 0.229 e. The standard InChI is InChI=1S/C28H35IN2O/c1-5-15-28(3)17-24(22-8-6-7-19(2)16-22)26(21-11-13-23(29)14-12-21)31(27(28)32)25(18-30-4)20-9-10-20/h5-8,11-14,16,20,24-26,30H,1,9-10,15,17-18H2,2-4H3/t24?,25?,26-,28?/m1/s1. The summed E-state index contributed by atoms with van der Waals surface area (Å²) in [5.74, 6) is 1.12. The number of carbonyl (C=O) groups excluding carboxylic acids is 1. The van der Waals surface area contributed by atoms with Gasteiger partial charge in [-0.2, -0.15) is 0 Å². The molecule has 4 rings (SSSR count). The van der Waals surface area contributed by atoms with Gasteiger partial charge in [-0.3, -0.25) is 4.79 Å². The molecule has 3 nitrogen and oxygen atoms in total. The summed E-state index contributed by atoms with van der Waals surface area (Å²) in [7, 11) is 2.00. The zero-order valence-corrected chi connectivity index (χ0v) is 21.6. The van der Waals surface area contributed by atoms with Crippen LogP contribution in [0.3, 0.4) is 0 Å². The molecular formula is C28H35IN2O. The van der Waals surface area contributed by atoms with Crippen LogP contribution in [0.5, 0.6) is 0 Å². The number of nitrogens with one attached hydrogen (secondary N) is 1. The number of halogens is 1. The van der Waals surface area contributed by atoms with Gasteiger partial charge in [0, 0.05) is 22.1 Å². The zero-order valence-electron chi connectivity index (χ0n) is 19.5. The molecule has 2 aromatic rings. The predicted octanol–water partition coefficient (Wildman–Crippen LogP) is 6.24. The van der Waals surface area contributed by atoms with E-state index in [1.807, 2.05) is 13.1 Å². The number of amides is 1. The van der Waals surface area contributed by atoms with E-state index in [1.165, 1.54) is 33.1 Å². The monoisotopic (exact) mass is 542 g/mol. The Hall–Kier alpha value is -1.66. The number of nitrogens with zero attached hydrogens (tertiary/aromatic N) is 1. The number of allylic oxidation sites excluding steroid dienone is 1. The Kier molecular flexibility index (Phi) is 7.11. The Morgan fingerprint density at radius 1 is 1.22 bits per heavy atom. The highest BCUT2D eigenvalue weighted by atomic mass is 127. The van der Waals surface area contributed by atoms with Crippen LogP contribution in [0.25, 0.3) is 0 Å². The zero-order chi connectivity index (χ0) is 22.9. The second-order valence-electron chi connectivity index (χ2n) is 9.95. The van der Waals surface area contributed by atoms with Crippen molar-refractivity contribution in [2.45, 2.75) is 57.5 Å². The third kappa shape index (κ3) is 4.67. The number of likely N-dealkylation sites (N-methyl/N-ethyl adjacent to an activating group) is 1. The summed E-state index contributed by atoms with van der Waals surface area (Å²) in [4.78, 5) is 16.5. The lowest BCUT2D eigenvalue weighted by molar-refractivity contribution is -0.155. The summed E-state index contributed by atoms with van der Waals surface area (Å²) < 4.78 is 1.22. The lowest BCUT2D eigenvalue weighted by Crippen LogP contribution is -2.58. The fraction of sp³-hybridized carbons (Fsp3) is 0.464. The number of aryl methyl sites for hydroxylation is 1. The van der Waals surface area contributed by atoms with Crippen molar-refractivity contribution in [1.82, 2.24) is 10.2 Å². The molecule has 170 valence electrons. The van der Waals surface area contributed by atoms with Gasteiger partial charge in [-0.1, -0.05) is 55.0 Å². The number of carbonyl (C=O) groups is 1. The molecule has 1 amide bonds. The van der Waals surface area contributed by atoms with E-state index in [2.05, 4.69) is 102 Å². The van der Waals surface area contributed by atoms with E-state index >= 15 is 0 Å². The first-order valence-corrected chi connectivity index (χ1v) is 12.9. The third-order valence-electron chi connectivity index (χ3n) is 7.32. The second-order valence-corrected chi connectivity index (χ2v) is 11.2. The van der Waals surface area contributed by atoms with Crippen LogP contribution >= 0.6 is 22.6 Å². The van der Waals surface area contributed by atoms with Gasteiger partial charge >= 0.3 is 0 Å². The van der Waals surface area contributed by atoms with Gasteiger partial charge in [-0.25, -0.2) is 0 Å². The molecule has 2 aromatic carbocycles. The molecule has 3 unspecified atom stereocenters. The quantitative estimate of drug-likeness (QED) is 0.317. The first-order chi connectivity index (χ1) is 15.4. The van der Waals surface area contributed by atoms with Crippen molar-refractivity contribution < 1.29 is 4.79 Å². The van der Waals surface area contributed by atoms with E-state index < -0.39 is 5.41 Å². The Bertz CT molecular complexity index is 968. The molecule has 2 fully saturated rings. The van der Waals surface area contributed by atoms with E-state index in [1.54, 1.807) is 0 Å². The van der Waals surface area contributed by atoms with Crippen LogP contribution in [-0.4, -0.2) is 30.4 Å². The predicted molar refractivity (Wildman–Crippen MR) is 141 cm³/mol. The van der Waals surface area contributed by atoms with Crippen molar-refractivity contribution in [2.24, 2.45) is 11.3 Å². The first kappa shape index (κ1) is 23.5. The maximum Gasteiger partial charge on any atom is 0.229 e. The van der Waals surface area contributed by atoms with Gasteiger partial charge in [0.05, 0.1) is 11.5 Å². The topological polar surface area (TPSA) is 32.3 Å². The third-order valence-corrected chi connectivity index (χ3v) is 8.03. The van der Waals surface area contributed by atoms with E-state index in [0.717, 1.165) is 13.0 Å². The Labute approximate surface area is 206 Å². The van der Waals surface area contributed by atoms with Gasteiger partial charge in [0.1, 0.15) is 0 Å². The summed E-state index contributed by atoms with van der Waals surface area (Å²) in [5, 5.41) is 3.40. The average Bonchev–Trinajstić information content (AvgIpc) is 3.60. The lowest BCUT2D eigenvalue weighted by atomic mass is 9.67. The number of benzene rings is 2. The first-order valence-electron chi connectivity index (χ1n) is 11.8. The molecule has 0 radical (unpaired) electrons. The highest BCUT2D eigenvalue weighted by molar-refractivity contribution is 14.1. The van der Waals surface area contributed by atoms with Crippen molar-refractivity contribution in [2.75, 3.05) is 13.6 Å². The molecule has 2 aliphatic rings. The van der Waals surface area contributed by atoms with E-state index in [0.29, 0.717) is 12.3 Å². The molecule has 4 atom stereocenters. The van der Waals surface area contributed by atoms with E-state index in [9.17, 15) is 4.79 Å². The van der Waals surface area contributed by atoms with Gasteiger partial charge in [-0.15, -0.1) is 6.58 Å². The minimum absolute atomic E-state index is 0.0399. The number of likely N-dealkylation sites (tertiary alicyclic amines) is 1. The van der Waals surface area contributed by atoms with Crippen LogP contribution in [0.4, 0.5) is 0 Å². The Morgan fingerprint density at radius 3 is 2.53 bits per heavy atom. The van der Waals surface area contributed by atoms with E-state index in [4.69, 9.17) is 0 Å². The minimum Gasteiger partial charge on any atom is -0.330 e. The highest BCUT2D eigenvalue weighted by Gasteiger charge is 2.53. The van der Waals surface area contributed by atoms with Crippen molar-refractivity contribution in [3.05, 3.63) is 81.4 Å². The molecule has 0 spiro atoms. The Morgan fingerprint density at radius 2 is 1.94 bits per heavy atom. The molecule has 1 saturated heterocycles. The van der Waals surface area contributed by atoms with Gasteiger partial charge in [0.2, 0.25) is 5.91 Å². The van der Waals surface area contributed by atoms with Crippen LogP contribution in [0.15, 0.2) is 61.2 Å². The lowest BCUT2D eigenvalue weighted by Gasteiger charge is -2.52. The molecule has 4 heteroatoms. The molecule has 1 aliphatic heterocycles. The largest absolute Gasteiger partial charge is 0.330 e. The number of rotatable bonds is 8. The molecule has 0 aromatic heterocycles. The van der Waals surface area contributed by atoms with Crippen LogP contribution in [-0.2, 0) is 4.79 Å². The van der Waals surface area contributed by atoms with E-state index in [-0.39, 0.29) is 23.9 Å². The summed E-state index contributed by atoms with van der Waals surface area (Å²) in [5.41, 5.74) is 3.41. The van der Waals surface area contributed by atoms with Crippen molar-refractivity contribution in [3.63, 3.8) is 0 Å². The molecule has 32 heavy (non-hydrogen) atoms. The molecule has 1 aliphatic carbocycles. The van der Waals surface area contributed by atoms with Gasteiger partial charge in [-0.05, 0) is 91.4 Å². The minimum atomic E-state index is -0.434. The van der Waals surface area contributed by atoms with Crippen LogP contribution < -0.4 is 5.32 Å². The van der Waals surface area contributed by atoms with Gasteiger partial charge < -0.3 is 10.2 Å². The van der Waals surface area contributed by atoms with Crippen LogP contribution in [0.1, 0.15) is 61.3 Å². The van der Waals surface area contributed by atoms with Crippen LogP contribution in [0.2, 0.25) is 0 Å². The average molecular weight is 543 g/mol. The maximum atomic E-state index is 14.2. The molecule has 1 saturated carbocycles. The number of piperidine rings is 1. The second kappa shape index (κ2) is 9.68. The number of hydrogen-bond acceptors (Lipinski definition) is 2. The fourth-order valence-electron chi connectivity index (χ4n) is 5.60. The van der Waals surface area contributed by atoms with Gasteiger partial charge in [0.15, 0.2) is 0 Å². The van der Waals surface area contributed by atoms with Crippen molar-refractivity contribution in [3.8, 4) is 0 Å². The molecule has 0 bridgehead atoms. The molecule has 1 heterocycles. The summed E-state index contributed by atoms with van der Waals surface area (Å²) in [6, 6.07) is 18.0.